The van der Waals surface area contributed by atoms with Gasteiger partial charge < -0.3 is 9.73 Å². The van der Waals surface area contributed by atoms with Gasteiger partial charge in [-0.1, -0.05) is 19.1 Å². The summed E-state index contributed by atoms with van der Waals surface area (Å²) in [5, 5.41) is 3.07. The third kappa shape index (κ3) is 3.36. The van der Waals surface area contributed by atoms with E-state index in [4.69, 9.17) is 4.42 Å². The average molecular weight is 280 g/mol. The molecule has 0 fully saturated rings. The molecular weight excluding hydrogens is 264 g/mol. The van der Waals surface area contributed by atoms with E-state index < -0.39 is 10.0 Å². The van der Waals surface area contributed by atoms with Gasteiger partial charge in [-0.15, -0.1) is 0 Å². The Morgan fingerprint density at radius 1 is 1.16 bits per heavy atom. The Morgan fingerprint density at radius 3 is 2.63 bits per heavy atom. The smallest absolute Gasteiger partial charge is 0.242 e. The van der Waals surface area contributed by atoms with Crippen LogP contribution in [0.5, 0.6) is 0 Å². The molecule has 0 bridgehead atoms. The second-order valence-corrected chi connectivity index (χ2v) is 5.67. The van der Waals surface area contributed by atoms with Crippen LogP contribution in [0.15, 0.2) is 52.0 Å². The van der Waals surface area contributed by atoms with E-state index in [1.807, 2.05) is 6.07 Å². The van der Waals surface area contributed by atoms with Crippen LogP contribution in [0.25, 0.3) is 0 Å². The van der Waals surface area contributed by atoms with Crippen LogP contribution in [0.3, 0.4) is 0 Å². The lowest BCUT2D eigenvalue weighted by Crippen LogP contribution is -2.24. The molecule has 1 aromatic heterocycles. The van der Waals surface area contributed by atoms with Gasteiger partial charge in [0, 0.05) is 6.54 Å². The molecule has 0 unspecified atom stereocenters. The average Bonchev–Trinajstić information content (AvgIpc) is 2.90. The van der Waals surface area contributed by atoms with E-state index in [1.165, 1.54) is 0 Å². The number of hydrogen-bond donors (Lipinski definition) is 2. The third-order valence-corrected chi connectivity index (χ3v) is 4.15. The third-order valence-electron chi connectivity index (χ3n) is 2.54. The van der Waals surface area contributed by atoms with Gasteiger partial charge in [0.05, 0.1) is 18.5 Å². The van der Waals surface area contributed by atoms with Gasteiger partial charge in [0.15, 0.2) is 0 Å². The number of para-hydroxylation sites is 1. The Kier molecular flexibility index (Phi) is 4.24. The first kappa shape index (κ1) is 13.6. The van der Waals surface area contributed by atoms with Crippen LogP contribution in [0.4, 0.5) is 5.69 Å². The zero-order valence-electron chi connectivity index (χ0n) is 10.6. The Balaban J connectivity index is 2.21. The molecular formula is C13H16N2O3S. The molecule has 0 saturated heterocycles. The van der Waals surface area contributed by atoms with Crippen molar-refractivity contribution in [2.24, 2.45) is 0 Å². The maximum Gasteiger partial charge on any atom is 0.242 e. The summed E-state index contributed by atoms with van der Waals surface area (Å²) < 4.78 is 31.8. The molecule has 1 heterocycles. The number of nitrogens with one attached hydrogen (secondary N) is 2. The highest BCUT2D eigenvalue weighted by molar-refractivity contribution is 7.89. The molecule has 2 N–H and O–H groups in total. The molecule has 0 saturated carbocycles. The van der Waals surface area contributed by atoms with E-state index in [-0.39, 0.29) is 4.90 Å². The van der Waals surface area contributed by atoms with Crippen molar-refractivity contribution < 1.29 is 12.8 Å². The van der Waals surface area contributed by atoms with Gasteiger partial charge in [-0.05, 0) is 24.3 Å². The largest absolute Gasteiger partial charge is 0.467 e. The standard InChI is InChI=1S/C13H16N2O3S/c1-2-15-19(16,17)13-8-4-3-7-12(13)14-10-11-6-5-9-18-11/h3-9,14-15H,2,10H2,1H3. The van der Waals surface area contributed by atoms with Crippen molar-refractivity contribution in [2.45, 2.75) is 18.4 Å². The molecule has 1 aromatic carbocycles. The maximum absolute atomic E-state index is 12.0. The van der Waals surface area contributed by atoms with Crippen molar-refractivity contribution in [1.82, 2.24) is 4.72 Å². The first-order valence-corrected chi connectivity index (χ1v) is 7.47. The van der Waals surface area contributed by atoms with Crippen LogP contribution in [-0.4, -0.2) is 15.0 Å². The fraction of sp³-hybridized carbons (Fsp3) is 0.231. The molecule has 0 aliphatic rings. The quantitative estimate of drug-likeness (QED) is 0.851. The van der Waals surface area contributed by atoms with Crippen molar-refractivity contribution in [1.29, 1.82) is 0 Å². The van der Waals surface area contributed by atoms with Crippen LogP contribution in [0.1, 0.15) is 12.7 Å². The van der Waals surface area contributed by atoms with E-state index in [9.17, 15) is 8.42 Å². The van der Waals surface area contributed by atoms with Gasteiger partial charge in [-0.3, -0.25) is 0 Å². The first-order chi connectivity index (χ1) is 9.13. The van der Waals surface area contributed by atoms with Crippen LogP contribution in [0.2, 0.25) is 0 Å². The van der Waals surface area contributed by atoms with Gasteiger partial charge in [-0.25, -0.2) is 13.1 Å². The van der Waals surface area contributed by atoms with Crippen molar-refractivity contribution in [2.75, 3.05) is 11.9 Å². The molecule has 19 heavy (non-hydrogen) atoms. The second-order valence-electron chi connectivity index (χ2n) is 3.93. The van der Waals surface area contributed by atoms with E-state index in [1.54, 1.807) is 43.5 Å². The van der Waals surface area contributed by atoms with Crippen molar-refractivity contribution in [3.63, 3.8) is 0 Å². The second kappa shape index (κ2) is 5.90. The zero-order chi connectivity index (χ0) is 13.7. The minimum absolute atomic E-state index is 0.239. The molecule has 102 valence electrons. The Hall–Kier alpha value is -1.79. The summed E-state index contributed by atoms with van der Waals surface area (Å²) in [4.78, 5) is 0.239. The maximum atomic E-state index is 12.0. The van der Waals surface area contributed by atoms with E-state index in [0.717, 1.165) is 5.76 Å². The molecule has 0 atom stereocenters. The summed E-state index contributed by atoms with van der Waals surface area (Å²) >= 11 is 0. The predicted molar refractivity (Wildman–Crippen MR) is 73.3 cm³/mol. The Bertz CT molecular complexity index is 621. The van der Waals surface area contributed by atoms with Crippen LogP contribution in [0, 0.1) is 0 Å². The molecule has 0 aliphatic carbocycles. The van der Waals surface area contributed by atoms with Crippen LogP contribution < -0.4 is 10.0 Å². The Morgan fingerprint density at radius 2 is 1.95 bits per heavy atom. The molecule has 2 aromatic rings. The first-order valence-electron chi connectivity index (χ1n) is 5.98. The van der Waals surface area contributed by atoms with Crippen LogP contribution in [-0.2, 0) is 16.6 Å². The predicted octanol–water partition coefficient (Wildman–Crippen LogP) is 2.19. The van der Waals surface area contributed by atoms with E-state index >= 15 is 0 Å². The normalized spacial score (nSPS) is 11.4. The SMILES string of the molecule is CCNS(=O)(=O)c1ccccc1NCc1ccco1. The highest BCUT2D eigenvalue weighted by atomic mass is 32.2. The molecule has 2 rings (SSSR count). The minimum Gasteiger partial charge on any atom is -0.467 e. The lowest BCUT2D eigenvalue weighted by Gasteiger charge is -2.11. The summed E-state index contributed by atoms with van der Waals surface area (Å²) in [6, 6.07) is 10.4. The van der Waals surface area contributed by atoms with Gasteiger partial charge >= 0.3 is 0 Å². The van der Waals surface area contributed by atoms with Crippen molar-refractivity contribution in [3.8, 4) is 0 Å². The minimum atomic E-state index is -3.48. The fourth-order valence-electron chi connectivity index (χ4n) is 1.71. The number of benzene rings is 1. The number of rotatable bonds is 6. The highest BCUT2D eigenvalue weighted by Crippen LogP contribution is 2.21. The zero-order valence-corrected chi connectivity index (χ0v) is 11.4. The number of anilines is 1. The van der Waals surface area contributed by atoms with Crippen molar-refractivity contribution >= 4 is 15.7 Å². The molecule has 0 radical (unpaired) electrons. The summed E-state index contributed by atoms with van der Waals surface area (Å²) in [7, 11) is -3.48. The van der Waals surface area contributed by atoms with E-state index in [0.29, 0.717) is 18.8 Å². The molecule has 5 nitrogen and oxygen atoms in total. The van der Waals surface area contributed by atoms with Crippen LogP contribution >= 0.6 is 0 Å². The fourth-order valence-corrected chi connectivity index (χ4v) is 2.93. The van der Waals surface area contributed by atoms with Gasteiger partial charge in [0.2, 0.25) is 10.0 Å². The summed E-state index contributed by atoms with van der Waals surface area (Å²) in [5.74, 6) is 0.746. The van der Waals surface area contributed by atoms with E-state index in [2.05, 4.69) is 10.0 Å². The monoisotopic (exact) mass is 280 g/mol. The van der Waals surface area contributed by atoms with Crippen molar-refractivity contribution in [3.05, 3.63) is 48.4 Å². The lowest BCUT2D eigenvalue weighted by atomic mass is 10.3. The van der Waals surface area contributed by atoms with Gasteiger partial charge in [-0.2, -0.15) is 0 Å². The summed E-state index contributed by atoms with van der Waals surface area (Å²) in [5.41, 5.74) is 0.555. The summed E-state index contributed by atoms with van der Waals surface area (Å²) in [6.07, 6.45) is 1.58. The van der Waals surface area contributed by atoms with Gasteiger partial charge in [0.1, 0.15) is 10.7 Å². The Labute approximate surface area is 112 Å². The highest BCUT2D eigenvalue weighted by Gasteiger charge is 2.16. The number of furan rings is 1. The molecule has 0 amide bonds. The molecule has 0 spiro atoms. The molecule has 0 aliphatic heterocycles. The lowest BCUT2D eigenvalue weighted by molar-refractivity contribution is 0.517. The van der Waals surface area contributed by atoms with Gasteiger partial charge in [0.25, 0.3) is 0 Å². The topological polar surface area (TPSA) is 71.3 Å². The number of sulfonamides is 1. The summed E-state index contributed by atoms with van der Waals surface area (Å²) in [6.45, 7) is 2.54. The number of hydrogen-bond acceptors (Lipinski definition) is 4. The molecule has 6 heteroatoms.